The van der Waals surface area contributed by atoms with Crippen LogP contribution in [0.4, 0.5) is 0 Å². The summed E-state index contributed by atoms with van der Waals surface area (Å²) in [6.07, 6.45) is 0.775. The Kier molecular flexibility index (Phi) is 4.64. The smallest absolute Gasteiger partial charge is 0.257 e. The summed E-state index contributed by atoms with van der Waals surface area (Å²) in [4.78, 5) is 13.8. The molecule has 0 heterocycles. The molecule has 0 aliphatic heterocycles. The van der Waals surface area contributed by atoms with E-state index in [1.165, 1.54) is 11.6 Å². The minimum atomic E-state index is -0.213. The number of hydrogen-bond donors (Lipinski definition) is 1. The van der Waals surface area contributed by atoms with Crippen LogP contribution in [0.15, 0.2) is 48.5 Å². The minimum absolute atomic E-state index is 0.0888. The van der Waals surface area contributed by atoms with Crippen LogP contribution in [-0.2, 0) is 6.42 Å². The maximum absolute atomic E-state index is 12.2. The second kappa shape index (κ2) is 6.44. The summed E-state index contributed by atoms with van der Waals surface area (Å²) >= 11 is 5.76. The van der Waals surface area contributed by atoms with Crippen LogP contribution in [-0.4, -0.2) is 29.5 Å². The third-order valence-electron chi connectivity index (χ3n) is 3.12. The molecule has 0 aromatic heterocycles. The van der Waals surface area contributed by atoms with E-state index >= 15 is 0 Å². The summed E-state index contributed by atoms with van der Waals surface area (Å²) < 4.78 is 0. The van der Waals surface area contributed by atoms with E-state index < -0.39 is 0 Å². The van der Waals surface area contributed by atoms with Crippen molar-refractivity contribution in [3.05, 3.63) is 64.7 Å². The van der Waals surface area contributed by atoms with E-state index in [2.05, 4.69) is 0 Å². The third kappa shape index (κ3) is 3.52. The lowest BCUT2D eigenvalue weighted by Gasteiger charge is -2.18. The van der Waals surface area contributed by atoms with Crippen molar-refractivity contribution in [1.82, 2.24) is 4.90 Å². The first kappa shape index (κ1) is 14.4. The largest absolute Gasteiger partial charge is 0.507 e. The van der Waals surface area contributed by atoms with Crippen LogP contribution in [0.25, 0.3) is 0 Å². The highest BCUT2D eigenvalue weighted by Crippen LogP contribution is 2.23. The van der Waals surface area contributed by atoms with Crippen molar-refractivity contribution < 1.29 is 9.90 Å². The van der Waals surface area contributed by atoms with E-state index in [9.17, 15) is 9.90 Å². The Balaban J connectivity index is 2.01. The molecule has 1 amide bonds. The molecule has 0 aliphatic rings. The molecule has 0 saturated carbocycles. The fourth-order valence-corrected chi connectivity index (χ4v) is 2.10. The molecule has 0 aliphatic carbocycles. The first-order valence-corrected chi connectivity index (χ1v) is 6.73. The Morgan fingerprint density at radius 2 is 1.90 bits per heavy atom. The van der Waals surface area contributed by atoms with Gasteiger partial charge in [-0.25, -0.2) is 0 Å². The first-order chi connectivity index (χ1) is 9.58. The highest BCUT2D eigenvalue weighted by molar-refractivity contribution is 6.30. The van der Waals surface area contributed by atoms with Gasteiger partial charge in [-0.3, -0.25) is 4.79 Å². The monoisotopic (exact) mass is 289 g/mol. The third-order valence-corrected chi connectivity index (χ3v) is 3.35. The summed E-state index contributed by atoms with van der Waals surface area (Å²) in [6, 6.07) is 14.5. The molecule has 4 heteroatoms. The zero-order valence-electron chi connectivity index (χ0n) is 11.2. The van der Waals surface area contributed by atoms with Gasteiger partial charge in [0.25, 0.3) is 5.91 Å². The van der Waals surface area contributed by atoms with Gasteiger partial charge in [-0.05, 0) is 30.2 Å². The van der Waals surface area contributed by atoms with E-state index in [-0.39, 0.29) is 17.2 Å². The lowest BCUT2D eigenvalue weighted by atomic mass is 10.1. The van der Waals surface area contributed by atoms with Crippen molar-refractivity contribution in [2.24, 2.45) is 0 Å². The summed E-state index contributed by atoms with van der Waals surface area (Å²) in [5, 5.41) is 10.2. The predicted octanol–water partition coefficient (Wildman–Crippen LogP) is 3.36. The fraction of sp³-hybridized carbons (Fsp3) is 0.188. The molecule has 0 saturated heterocycles. The number of benzene rings is 2. The molecule has 3 nitrogen and oxygen atoms in total. The molecule has 2 aromatic rings. The van der Waals surface area contributed by atoms with Crippen LogP contribution in [0.5, 0.6) is 5.75 Å². The van der Waals surface area contributed by atoms with Crippen LogP contribution in [0.3, 0.4) is 0 Å². The number of hydrogen-bond acceptors (Lipinski definition) is 2. The Labute approximate surface area is 123 Å². The number of phenols is 1. The van der Waals surface area contributed by atoms with Crippen molar-refractivity contribution in [1.29, 1.82) is 0 Å². The lowest BCUT2D eigenvalue weighted by Crippen LogP contribution is -2.28. The van der Waals surface area contributed by atoms with Gasteiger partial charge >= 0.3 is 0 Å². The van der Waals surface area contributed by atoms with E-state index in [1.807, 2.05) is 30.3 Å². The number of nitrogens with zero attached hydrogens (tertiary/aromatic N) is 1. The number of aromatic hydroxyl groups is 1. The van der Waals surface area contributed by atoms with Crippen LogP contribution in [0.1, 0.15) is 15.9 Å². The van der Waals surface area contributed by atoms with Gasteiger partial charge < -0.3 is 10.0 Å². The number of rotatable bonds is 4. The Bertz CT molecular complexity index is 599. The molecule has 0 bridgehead atoms. The minimum Gasteiger partial charge on any atom is -0.507 e. The Morgan fingerprint density at radius 1 is 1.20 bits per heavy atom. The molecule has 2 aromatic carbocycles. The molecule has 20 heavy (non-hydrogen) atoms. The van der Waals surface area contributed by atoms with Crippen molar-refractivity contribution in [2.75, 3.05) is 13.6 Å². The molecule has 0 fully saturated rings. The van der Waals surface area contributed by atoms with Crippen molar-refractivity contribution in [3.8, 4) is 5.75 Å². The second-order valence-corrected chi connectivity index (χ2v) is 5.06. The van der Waals surface area contributed by atoms with Gasteiger partial charge in [0.2, 0.25) is 0 Å². The van der Waals surface area contributed by atoms with Gasteiger partial charge in [0.15, 0.2) is 0 Å². The number of carbonyl (C=O) groups is 1. The zero-order valence-corrected chi connectivity index (χ0v) is 12.0. The number of carbonyl (C=O) groups excluding carboxylic acids is 1. The highest BCUT2D eigenvalue weighted by Gasteiger charge is 2.15. The van der Waals surface area contributed by atoms with Gasteiger partial charge in [0, 0.05) is 18.6 Å². The number of halogens is 1. The number of likely N-dealkylation sites (N-methyl/N-ethyl adjacent to an activating group) is 1. The summed E-state index contributed by atoms with van der Waals surface area (Å²) in [5.41, 5.74) is 1.44. The molecule has 0 spiro atoms. The summed E-state index contributed by atoms with van der Waals surface area (Å²) in [7, 11) is 1.72. The second-order valence-electron chi connectivity index (χ2n) is 4.62. The van der Waals surface area contributed by atoms with Crippen molar-refractivity contribution in [3.63, 3.8) is 0 Å². The fourth-order valence-electron chi connectivity index (χ4n) is 1.93. The van der Waals surface area contributed by atoms with Crippen molar-refractivity contribution >= 4 is 17.5 Å². The molecule has 104 valence electrons. The van der Waals surface area contributed by atoms with E-state index in [1.54, 1.807) is 24.1 Å². The number of amides is 1. The van der Waals surface area contributed by atoms with Crippen LogP contribution in [0, 0.1) is 0 Å². The van der Waals surface area contributed by atoms with E-state index in [4.69, 9.17) is 11.6 Å². The maximum atomic E-state index is 12.2. The molecule has 2 rings (SSSR count). The predicted molar refractivity (Wildman–Crippen MR) is 80.2 cm³/mol. The maximum Gasteiger partial charge on any atom is 0.257 e. The zero-order chi connectivity index (χ0) is 14.5. The van der Waals surface area contributed by atoms with Gasteiger partial charge in [-0.2, -0.15) is 0 Å². The van der Waals surface area contributed by atoms with E-state index in [0.29, 0.717) is 11.6 Å². The van der Waals surface area contributed by atoms with Crippen LogP contribution >= 0.6 is 11.6 Å². The summed E-state index contributed by atoms with van der Waals surface area (Å²) in [6.45, 7) is 0.588. The van der Waals surface area contributed by atoms with Gasteiger partial charge in [0.05, 0.1) is 5.56 Å². The standard InChI is InChI=1S/C16H16ClNO2/c1-18(10-9-12-5-3-2-4-6-12)16(20)14-8-7-13(17)11-15(14)19/h2-8,11,19H,9-10H2,1H3. The molecule has 0 unspecified atom stereocenters. The average molecular weight is 290 g/mol. The molecule has 0 radical (unpaired) electrons. The van der Waals surface area contributed by atoms with Gasteiger partial charge in [0.1, 0.15) is 5.75 Å². The molecule has 0 atom stereocenters. The first-order valence-electron chi connectivity index (χ1n) is 6.36. The SMILES string of the molecule is CN(CCc1ccccc1)C(=O)c1ccc(Cl)cc1O. The topological polar surface area (TPSA) is 40.5 Å². The van der Waals surface area contributed by atoms with Gasteiger partial charge in [-0.15, -0.1) is 0 Å². The van der Waals surface area contributed by atoms with Crippen molar-refractivity contribution in [2.45, 2.75) is 6.42 Å². The van der Waals surface area contributed by atoms with Crippen LogP contribution < -0.4 is 0 Å². The average Bonchev–Trinajstić information content (AvgIpc) is 2.45. The lowest BCUT2D eigenvalue weighted by molar-refractivity contribution is 0.0793. The molecule has 1 N–H and O–H groups in total. The quantitative estimate of drug-likeness (QED) is 0.937. The van der Waals surface area contributed by atoms with E-state index in [0.717, 1.165) is 6.42 Å². The molecular formula is C16H16ClNO2. The Morgan fingerprint density at radius 3 is 2.55 bits per heavy atom. The highest BCUT2D eigenvalue weighted by atomic mass is 35.5. The number of phenolic OH excluding ortho intramolecular Hbond substituents is 1. The normalized spacial score (nSPS) is 10.3. The molecular weight excluding hydrogens is 274 g/mol. The summed E-state index contributed by atoms with van der Waals surface area (Å²) in [5.74, 6) is -0.302. The Hall–Kier alpha value is -2.00. The van der Waals surface area contributed by atoms with Gasteiger partial charge in [-0.1, -0.05) is 41.9 Å². The van der Waals surface area contributed by atoms with Crippen LogP contribution in [0.2, 0.25) is 5.02 Å².